The van der Waals surface area contributed by atoms with E-state index in [2.05, 4.69) is 52.2 Å². The fourth-order valence-electron chi connectivity index (χ4n) is 3.17. The molecule has 2 heterocycles. The topological polar surface area (TPSA) is 31.1 Å². The predicted molar refractivity (Wildman–Crippen MR) is 84.9 cm³/mol. The van der Waals surface area contributed by atoms with Crippen LogP contribution < -0.4 is 5.32 Å². The van der Waals surface area contributed by atoms with Gasteiger partial charge >= 0.3 is 0 Å². The first-order chi connectivity index (χ1) is 9.90. The Hall–Kier alpha value is -1.58. The number of H-pyrrole nitrogens is 1. The molecule has 20 heavy (non-hydrogen) atoms. The summed E-state index contributed by atoms with van der Waals surface area (Å²) in [5, 5.41) is 4.80. The molecule has 0 spiro atoms. The van der Waals surface area contributed by atoms with E-state index in [0.29, 0.717) is 6.04 Å². The Morgan fingerprint density at radius 1 is 1.25 bits per heavy atom. The van der Waals surface area contributed by atoms with Gasteiger partial charge in [-0.05, 0) is 24.5 Å². The molecule has 1 saturated heterocycles. The summed E-state index contributed by atoms with van der Waals surface area (Å²) in [6.07, 6.45) is 6.43. The van der Waals surface area contributed by atoms with Crippen molar-refractivity contribution in [3.05, 3.63) is 48.7 Å². The Kier molecular flexibility index (Phi) is 4.19. The highest BCUT2D eigenvalue weighted by Gasteiger charge is 2.23. The number of nitrogens with zero attached hydrogens (tertiary/aromatic N) is 1. The molecule has 1 aromatic carbocycles. The second-order valence-corrected chi connectivity index (χ2v) is 5.46. The van der Waals surface area contributed by atoms with Gasteiger partial charge in [-0.15, -0.1) is 6.58 Å². The predicted octanol–water partition coefficient (Wildman–Crippen LogP) is 3.08. The zero-order valence-corrected chi connectivity index (χ0v) is 11.9. The molecule has 1 aromatic heterocycles. The third-order valence-electron chi connectivity index (χ3n) is 4.22. The number of piperazine rings is 1. The monoisotopic (exact) mass is 269 g/mol. The Labute approximate surface area is 120 Å². The van der Waals surface area contributed by atoms with Crippen LogP contribution in [-0.4, -0.2) is 36.1 Å². The molecule has 1 atom stereocenters. The number of hydrogen-bond donors (Lipinski definition) is 2. The van der Waals surface area contributed by atoms with Crippen LogP contribution in [0.1, 0.15) is 24.4 Å². The van der Waals surface area contributed by atoms with Gasteiger partial charge in [-0.2, -0.15) is 0 Å². The largest absolute Gasteiger partial charge is 0.361 e. The van der Waals surface area contributed by atoms with E-state index in [1.54, 1.807) is 0 Å². The SMILES string of the molecule is C=CCC[C@H](c1c[nH]c2ccccc12)N1CCNCC1. The first-order valence-electron chi connectivity index (χ1n) is 7.52. The van der Waals surface area contributed by atoms with Gasteiger partial charge in [-0.1, -0.05) is 24.3 Å². The summed E-state index contributed by atoms with van der Waals surface area (Å²) < 4.78 is 0. The second kappa shape index (κ2) is 6.25. The maximum absolute atomic E-state index is 3.88. The van der Waals surface area contributed by atoms with Crippen LogP contribution in [0.25, 0.3) is 10.9 Å². The molecule has 2 aromatic rings. The first kappa shape index (κ1) is 13.4. The molecule has 0 aliphatic carbocycles. The van der Waals surface area contributed by atoms with Gasteiger partial charge in [0.25, 0.3) is 0 Å². The van der Waals surface area contributed by atoms with Gasteiger partial charge in [0, 0.05) is 49.3 Å². The van der Waals surface area contributed by atoms with E-state index in [4.69, 9.17) is 0 Å². The summed E-state index contributed by atoms with van der Waals surface area (Å²) in [6.45, 7) is 8.32. The molecule has 0 bridgehead atoms. The smallest absolute Gasteiger partial charge is 0.0457 e. The van der Waals surface area contributed by atoms with Crippen LogP contribution >= 0.6 is 0 Å². The van der Waals surface area contributed by atoms with E-state index in [1.807, 2.05) is 6.08 Å². The van der Waals surface area contributed by atoms with Gasteiger partial charge < -0.3 is 10.3 Å². The highest BCUT2D eigenvalue weighted by molar-refractivity contribution is 5.83. The average Bonchev–Trinajstić information content (AvgIpc) is 2.93. The molecule has 106 valence electrons. The standard InChI is InChI=1S/C17H23N3/c1-2-3-8-17(20-11-9-18-10-12-20)15-13-19-16-7-5-4-6-14(15)16/h2,4-7,13,17-19H,1,3,8-12H2/t17-/m1/s1. The van der Waals surface area contributed by atoms with Crippen LogP contribution in [-0.2, 0) is 0 Å². The van der Waals surface area contributed by atoms with Gasteiger partial charge in [0.2, 0.25) is 0 Å². The minimum atomic E-state index is 0.492. The molecule has 3 heteroatoms. The van der Waals surface area contributed by atoms with Crippen LogP contribution in [0.2, 0.25) is 0 Å². The van der Waals surface area contributed by atoms with Crippen molar-refractivity contribution in [1.82, 2.24) is 15.2 Å². The summed E-state index contributed by atoms with van der Waals surface area (Å²) in [5.74, 6) is 0. The lowest BCUT2D eigenvalue weighted by molar-refractivity contribution is 0.167. The molecular formula is C17H23N3. The number of hydrogen-bond acceptors (Lipinski definition) is 2. The van der Waals surface area contributed by atoms with E-state index in [9.17, 15) is 0 Å². The quantitative estimate of drug-likeness (QED) is 0.817. The van der Waals surface area contributed by atoms with Crippen LogP contribution in [0.5, 0.6) is 0 Å². The van der Waals surface area contributed by atoms with Crippen molar-refractivity contribution < 1.29 is 0 Å². The third-order valence-corrected chi connectivity index (χ3v) is 4.22. The van der Waals surface area contributed by atoms with Gasteiger partial charge in [0.15, 0.2) is 0 Å². The molecule has 1 fully saturated rings. The first-order valence-corrected chi connectivity index (χ1v) is 7.52. The van der Waals surface area contributed by atoms with Crippen molar-refractivity contribution in [1.29, 1.82) is 0 Å². The molecular weight excluding hydrogens is 246 g/mol. The fourth-order valence-corrected chi connectivity index (χ4v) is 3.17. The number of aromatic nitrogens is 1. The summed E-state index contributed by atoms with van der Waals surface area (Å²) in [6, 6.07) is 9.09. The average molecular weight is 269 g/mol. The fraction of sp³-hybridized carbons (Fsp3) is 0.412. The van der Waals surface area contributed by atoms with E-state index < -0.39 is 0 Å². The van der Waals surface area contributed by atoms with Crippen molar-refractivity contribution in [2.24, 2.45) is 0 Å². The normalized spacial score (nSPS) is 18.2. The van der Waals surface area contributed by atoms with Gasteiger partial charge in [0.05, 0.1) is 0 Å². The van der Waals surface area contributed by atoms with E-state index in [1.165, 1.54) is 16.5 Å². The number of aromatic amines is 1. The van der Waals surface area contributed by atoms with Gasteiger partial charge in [0.1, 0.15) is 0 Å². The molecule has 2 N–H and O–H groups in total. The van der Waals surface area contributed by atoms with E-state index in [0.717, 1.165) is 39.0 Å². The van der Waals surface area contributed by atoms with Crippen LogP contribution in [0, 0.1) is 0 Å². The van der Waals surface area contributed by atoms with Crippen molar-refractivity contribution in [3.63, 3.8) is 0 Å². The molecule has 0 radical (unpaired) electrons. The van der Waals surface area contributed by atoms with Crippen molar-refractivity contribution in [2.45, 2.75) is 18.9 Å². The second-order valence-electron chi connectivity index (χ2n) is 5.46. The number of allylic oxidation sites excluding steroid dienone is 1. The Bertz CT molecular complexity index is 566. The number of benzene rings is 1. The lowest BCUT2D eigenvalue weighted by Crippen LogP contribution is -2.45. The number of fused-ring (bicyclic) bond motifs is 1. The molecule has 3 rings (SSSR count). The lowest BCUT2D eigenvalue weighted by atomic mass is 9.99. The zero-order chi connectivity index (χ0) is 13.8. The summed E-state index contributed by atoms with van der Waals surface area (Å²) in [7, 11) is 0. The third kappa shape index (κ3) is 2.65. The Balaban J connectivity index is 1.92. The molecule has 0 saturated carbocycles. The maximum Gasteiger partial charge on any atom is 0.0457 e. The van der Waals surface area contributed by atoms with Crippen molar-refractivity contribution in [2.75, 3.05) is 26.2 Å². The van der Waals surface area contributed by atoms with Crippen molar-refractivity contribution in [3.8, 4) is 0 Å². The molecule has 1 aliphatic heterocycles. The van der Waals surface area contributed by atoms with Crippen molar-refractivity contribution >= 4 is 10.9 Å². The summed E-state index contributed by atoms with van der Waals surface area (Å²) >= 11 is 0. The number of para-hydroxylation sites is 1. The molecule has 3 nitrogen and oxygen atoms in total. The minimum Gasteiger partial charge on any atom is -0.361 e. The van der Waals surface area contributed by atoms with Gasteiger partial charge in [-0.3, -0.25) is 4.90 Å². The van der Waals surface area contributed by atoms with Crippen LogP contribution in [0.15, 0.2) is 43.1 Å². The molecule has 1 aliphatic rings. The highest BCUT2D eigenvalue weighted by Crippen LogP contribution is 2.31. The minimum absolute atomic E-state index is 0.492. The molecule has 0 unspecified atom stereocenters. The Morgan fingerprint density at radius 3 is 2.85 bits per heavy atom. The van der Waals surface area contributed by atoms with E-state index in [-0.39, 0.29) is 0 Å². The summed E-state index contributed by atoms with van der Waals surface area (Å²) in [5.41, 5.74) is 2.67. The highest BCUT2D eigenvalue weighted by atomic mass is 15.2. The van der Waals surface area contributed by atoms with Gasteiger partial charge in [-0.25, -0.2) is 0 Å². The Morgan fingerprint density at radius 2 is 2.05 bits per heavy atom. The number of rotatable bonds is 5. The number of nitrogens with one attached hydrogen (secondary N) is 2. The zero-order valence-electron chi connectivity index (χ0n) is 11.9. The molecule has 0 amide bonds. The van der Waals surface area contributed by atoms with Crippen LogP contribution in [0.4, 0.5) is 0 Å². The van der Waals surface area contributed by atoms with E-state index >= 15 is 0 Å². The van der Waals surface area contributed by atoms with Crippen LogP contribution in [0.3, 0.4) is 0 Å². The maximum atomic E-state index is 3.88. The lowest BCUT2D eigenvalue weighted by Gasteiger charge is -2.35. The summed E-state index contributed by atoms with van der Waals surface area (Å²) in [4.78, 5) is 6.02.